The Morgan fingerprint density at radius 3 is 2.38 bits per heavy atom. The van der Waals surface area contributed by atoms with E-state index in [-0.39, 0.29) is 6.04 Å². The molecule has 1 atom stereocenters. The summed E-state index contributed by atoms with van der Waals surface area (Å²) < 4.78 is 31.9. The van der Waals surface area contributed by atoms with Crippen molar-refractivity contribution in [1.29, 1.82) is 0 Å². The molecule has 118 valence electrons. The molecule has 0 aromatic heterocycles. The molecule has 0 bridgehead atoms. The highest BCUT2D eigenvalue weighted by atomic mass is 32.2. The number of hydrogen-bond donors (Lipinski definition) is 1. The molecule has 5 nitrogen and oxygen atoms in total. The van der Waals surface area contributed by atoms with Crippen molar-refractivity contribution in [3.05, 3.63) is 29.8 Å². The number of nitrogens with zero attached hydrogens (tertiary/aromatic N) is 1. The minimum atomic E-state index is -3.43. The van der Waals surface area contributed by atoms with Crippen molar-refractivity contribution in [3.8, 4) is 0 Å². The lowest BCUT2D eigenvalue weighted by atomic mass is 10.0. The fourth-order valence-corrected chi connectivity index (χ4v) is 3.76. The number of nitrogens with two attached hydrogens (primary N) is 1. The molecule has 2 rings (SSSR count). The van der Waals surface area contributed by atoms with Crippen molar-refractivity contribution < 1.29 is 13.2 Å². The molecule has 1 aromatic rings. The molecule has 2 N–H and O–H groups in total. The van der Waals surface area contributed by atoms with Crippen molar-refractivity contribution in [2.75, 3.05) is 26.8 Å². The Morgan fingerprint density at radius 1 is 1.29 bits per heavy atom. The second-order valence-corrected chi connectivity index (χ2v) is 7.74. The highest BCUT2D eigenvalue weighted by Gasteiger charge is 2.25. The lowest BCUT2D eigenvalue weighted by Gasteiger charge is -2.26. The molecule has 1 aliphatic heterocycles. The average molecular weight is 312 g/mol. The van der Waals surface area contributed by atoms with E-state index in [1.807, 2.05) is 6.92 Å². The molecule has 1 unspecified atom stereocenters. The van der Waals surface area contributed by atoms with E-state index in [0.717, 1.165) is 31.6 Å². The number of rotatable bonds is 5. The third-order valence-electron chi connectivity index (χ3n) is 3.97. The largest absolute Gasteiger partial charge is 0.381 e. The first-order valence-corrected chi connectivity index (χ1v) is 8.75. The smallest absolute Gasteiger partial charge is 0.242 e. The van der Waals surface area contributed by atoms with Gasteiger partial charge in [0.25, 0.3) is 0 Å². The van der Waals surface area contributed by atoms with Gasteiger partial charge in [-0.15, -0.1) is 0 Å². The van der Waals surface area contributed by atoms with E-state index in [4.69, 9.17) is 10.5 Å². The second kappa shape index (κ2) is 6.87. The van der Waals surface area contributed by atoms with Crippen LogP contribution in [0.5, 0.6) is 0 Å². The molecule has 1 heterocycles. The van der Waals surface area contributed by atoms with Gasteiger partial charge in [-0.2, -0.15) is 0 Å². The summed E-state index contributed by atoms with van der Waals surface area (Å²) in [5.74, 6) is 0.377. The Labute approximate surface area is 127 Å². The van der Waals surface area contributed by atoms with Gasteiger partial charge in [0.05, 0.1) is 4.90 Å². The van der Waals surface area contributed by atoms with Gasteiger partial charge in [0.15, 0.2) is 0 Å². The summed E-state index contributed by atoms with van der Waals surface area (Å²) in [6, 6.07) is 6.73. The fraction of sp³-hybridized carbons (Fsp3) is 0.600. The Bertz CT molecular complexity index is 549. The van der Waals surface area contributed by atoms with E-state index in [9.17, 15) is 8.42 Å². The lowest BCUT2D eigenvalue weighted by Crippen LogP contribution is -2.34. The predicted octanol–water partition coefficient (Wildman–Crippen LogP) is 1.75. The van der Waals surface area contributed by atoms with E-state index < -0.39 is 10.0 Å². The second-order valence-electron chi connectivity index (χ2n) is 5.70. The SMILES string of the molecule is CC(N)c1ccc(S(=O)(=O)N(C)CC2CCOCC2)cc1. The standard InChI is InChI=1S/C15H24N2O3S/c1-12(16)14-3-5-15(6-4-14)21(18,19)17(2)11-13-7-9-20-10-8-13/h3-6,12-13H,7-11,16H2,1-2H3. The molecule has 1 aliphatic rings. The zero-order valence-electron chi connectivity index (χ0n) is 12.7. The number of hydrogen-bond acceptors (Lipinski definition) is 4. The monoisotopic (exact) mass is 312 g/mol. The zero-order valence-corrected chi connectivity index (χ0v) is 13.5. The van der Waals surface area contributed by atoms with Gasteiger partial charge in [-0.25, -0.2) is 12.7 Å². The third-order valence-corrected chi connectivity index (χ3v) is 5.81. The molecular weight excluding hydrogens is 288 g/mol. The van der Waals surface area contributed by atoms with Crippen LogP contribution in [-0.4, -0.2) is 39.5 Å². The summed E-state index contributed by atoms with van der Waals surface area (Å²) in [6.07, 6.45) is 1.84. The van der Waals surface area contributed by atoms with Gasteiger partial charge < -0.3 is 10.5 Å². The van der Waals surface area contributed by atoms with Crippen LogP contribution in [0.25, 0.3) is 0 Å². The molecule has 1 saturated heterocycles. The van der Waals surface area contributed by atoms with Crippen LogP contribution >= 0.6 is 0 Å². The van der Waals surface area contributed by atoms with Crippen LogP contribution < -0.4 is 5.73 Å². The van der Waals surface area contributed by atoms with Crippen LogP contribution in [0.2, 0.25) is 0 Å². The van der Waals surface area contributed by atoms with Crippen molar-refractivity contribution in [1.82, 2.24) is 4.31 Å². The Kier molecular flexibility index (Phi) is 5.37. The Morgan fingerprint density at radius 2 is 1.86 bits per heavy atom. The van der Waals surface area contributed by atoms with Gasteiger partial charge in [0, 0.05) is 32.8 Å². The normalized spacial score (nSPS) is 18.9. The van der Waals surface area contributed by atoms with Gasteiger partial charge in [-0.3, -0.25) is 0 Å². The molecular formula is C15H24N2O3S. The highest BCUT2D eigenvalue weighted by molar-refractivity contribution is 7.89. The molecule has 1 aromatic carbocycles. The molecule has 1 fully saturated rings. The third kappa shape index (κ3) is 4.03. The summed E-state index contributed by atoms with van der Waals surface area (Å²) in [4.78, 5) is 0.321. The molecule has 0 aliphatic carbocycles. The summed E-state index contributed by atoms with van der Waals surface area (Å²) in [6.45, 7) is 3.87. The molecule has 0 radical (unpaired) electrons. The van der Waals surface area contributed by atoms with Crippen LogP contribution in [0.15, 0.2) is 29.2 Å². The lowest BCUT2D eigenvalue weighted by molar-refractivity contribution is 0.0620. The Balaban J connectivity index is 2.08. The maximum atomic E-state index is 12.6. The Hall–Kier alpha value is -0.950. The van der Waals surface area contributed by atoms with Crippen LogP contribution in [0.3, 0.4) is 0 Å². The van der Waals surface area contributed by atoms with Crippen molar-refractivity contribution in [3.63, 3.8) is 0 Å². The van der Waals surface area contributed by atoms with Gasteiger partial charge in [-0.05, 0) is 43.4 Å². The van der Waals surface area contributed by atoms with E-state index in [0.29, 0.717) is 17.4 Å². The summed E-state index contributed by atoms with van der Waals surface area (Å²) in [5, 5.41) is 0. The number of sulfonamides is 1. The van der Waals surface area contributed by atoms with Gasteiger partial charge in [0.2, 0.25) is 10.0 Å². The van der Waals surface area contributed by atoms with Crippen molar-refractivity contribution in [2.24, 2.45) is 11.7 Å². The van der Waals surface area contributed by atoms with Crippen LogP contribution in [0, 0.1) is 5.92 Å². The van der Waals surface area contributed by atoms with Gasteiger partial charge in [0.1, 0.15) is 0 Å². The molecule has 6 heteroatoms. The predicted molar refractivity (Wildman–Crippen MR) is 82.4 cm³/mol. The summed E-state index contributed by atoms with van der Waals surface area (Å²) >= 11 is 0. The molecule has 0 spiro atoms. The minimum Gasteiger partial charge on any atom is -0.381 e. The van der Waals surface area contributed by atoms with E-state index in [1.54, 1.807) is 31.3 Å². The first-order chi connectivity index (χ1) is 9.91. The maximum absolute atomic E-state index is 12.6. The van der Waals surface area contributed by atoms with Crippen molar-refractivity contribution in [2.45, 2.75) is 30.7 Å². The topological polar surface area (TPSA) is 72.6 Å². The van der Waals surface area contributed by atoms with E-state index in [1.165, 1.54) is 4.31 Å². The fourth-order valence-electron chi connectivity index (χ4n) is 2.51. The molecule has 21 heavy (non-hydrogen) atoms. The highest BCUT2D eigenvalue weighted by Crippen LogP contribution is 2.21. The van der Waals surface area contributed by atoms with E-state index in [2.05, 4.69) is 0 Å². The van der Waals surface area contributed by atoms with Crippen LogP contribution in [0.1, 0.15) is 31.4 Å². The molecule has 0 saturated carbocycles. The number of ether oxygens (including phenoxy) is 1. The van der Waals surface area contributed by atoms with Crippen LogP contribution in [-0.2, 0) is 14.8 Å². The first kappa shape index (κ1) is 16.4. The van der Waals surface area contributed by atoms with Gasteiger partial charge in [-0.1, -0.05) is 12.1 Å². The summed E-state index contributed by atoms with van der Waals surface area (Å²) in [5.41, 5.74) is 6.72. The average Bonchev–Trinajstić information content (AvgIpc) is 2.48. The van der Waals surface area contributed by atoms with Gasteiger partial charge >= 0.3 is 0 Å². The maximum Gasteiger partial charge on any atom is 0.242 e. The van der Waals surface area contributed by atoms with Crippen molar-refractivity contribution >= 4 is 10.0 Å². The van der Waals surface area contributed by atoms with Crippen LogP contribution in [0.4, 0.5) is 0 Å². The minimum absolute atomic E-state index is 0.0956. The zero-order chi connectivity index (χ0) is 15.5. The first-order valence-electron chi connectivity index (χ1n) is 7.31. The summed E-state index contributed by atoms with van der Waals surface area (Å²) in [7, 11) is -1.79. The molecule has 0 amide bonds. The number of benzene rings is 1. The quantitative estimate of drug-likeness (QED) is 0.899. The van der Waals surface area contributed by atoms with E-state index >= 15 is 0 Å².